The summed E-state index contributed by atoms with van der Waals surface area (Å²) in [6.07, 6.45) is 1.53. The van der Waals surface area contributed by atoms with Crippen LogP contribution in [0.25, 0.3) is 0 Å². The van der Waals surface area contributed by atoms with Gasteiger partial charge in [0.15, 0.2) is 9.84 Å². The number of rotatable bonds is 7. The number of carbonyl (C=O) groups is 1. The molecule has 0 aromatic heterocycles. The molecule has 1 rings (SSSR count). The monoisotopic (exact) mass is 313 g/mol. The van der Waals surface area contributed by atoms with E-state index in [2.05, 4.69) is 6.58 Å². The third-order valence-corrected chi connectivity index (χ3v) is 5.32. The number of amides is 1. The number of nitrogens with zero attached hydrogens (tertiary/aromatic N) is 1. The molecular weight excluding hydrogens is 293 g/mol. The topological polar surface area (TPSA) is 54.5 Å². The summed E-state index contributed by atoms with van der Waals surface area (Å²) < 4.78 is 36.5. The van der Waals surface area contributed by atoms with Gasteiger partial charge in [0.2, 0.25) is 5.91 Å². The second-order valence-corrected chi connectivity index (χ2v) is 7.34. The molecule has 1 aromatic rings. The summed E-state index contributed by atoms with van der Waals surface area (Å²) in [5.74, 6) is -0.915. The maximum absolute atomic E-state index is 12.9. The molecule has 1 atom stereocenters. The van der Waals surface area contributed by atoms with Gasteiger partial charge in [-0.25, -0.2) is 12.8 Å². The number of hydrogen-bond acceptors (Lipinski definition) is 3. The molecule has 0 unspecified atom stereocenters. The fourth-order valence-corrected chi connectivity index (χ4v) is 2.82. The van der Waals surface area contributed by atoms with Gasteiger partial charge in [0, 0.05) is 18.8 Å². The molecule has 6 heteroatoms. The molecule has 4 nitrogen and oxygen atoms in total. The Balaban J connectivity index is 2.93. The number of carbonyl (C=O) groups excluding carboxylic acids is 1. The zero-order valence-corrected chi connectivity index (χ0v) is 13.1. The first-order valence-corrected chi connectivity index (χ1v) is 8.39. The van der Waals surface area contributed by atoms with Crippen LogP contribution < -0.4 is 0 Å². The lowest BCUT2D eigenvalue weighted by molar-refractivity contribution is -0.130. The van der Waals surface area contributed by atoms with Crippen molar-refractivity contribution in [1.29, 1.82) is 0 Å². The smallest absolute Gasteiger partial charge is 0.241 e. The van der Waals surface area contributed by atoms with Crippen molar-refractivity contribution in [3.05, 3.63) is 48.3 Å². The van der Waals surface area contributed by atoms with Gasteiger partial charge in [-0.15, -0.1) is 6.58 Å². The van der Waals surface area contributed by atoms with Crippen LogP contribution in [0.5, 0.6) is 0 Å². The molecule has 0 aliphatic carbocycles. The van der Waals surface area contributed by atoms with Crippen LogP contribution in [0.2, 0.25) is 0 Å². The highest BCUT2D eigenvalue weighted by Crippen LogP contribution is 2.12. The van der Waals surface area contributed by atoms with Gasteiger partial charge < -0.3 is 4.90 Å². The molecule has 0 fully saturated rings. The van der Waals surface area contributed by atoms with E-state index in [4.69, 9.17) is 0 Å². The van der Waals surface area contributed by atoms with Crippen molar-refractivity contribution in [2.75, 3.05) is 12.3 Å². The lowest BCUT2D eigenvalue weighted by atomic mass is 10.2. The number of halogens is 1. The normalized spacial score (nSPS) is 12.7. The van der Waals surface area contributed by atoms with Crippen molar-refractivity contribution in [2.45, 2.75) is 25.6 Å². The van der Waals surface area contributed by atoms with Gasteiger partial charge >= 0.3 is 0 Å². The van der Waals surface area contributed by atoms with Crippen LogP contribution in [-0.2, 0) is 21.2 Å². The summed E-state index contributed by atoms with van der Waals surface area (Å²) >= 11 is 0. The van der Waals surface area contributed by atoms with E-state index in [-0.39, 0.29) is 24.7 Å². The predicted molar refractivity (Wildman–Crippen MR) is 80.9 cm³/mol. The summed E-state index contributed by atoms with van der Waals surface area (Å²) in [7, 11) is -3.45. The number of sulfone groups is 1. The predicted octanol–water partition coefficient (Wildman–Crippen LogP) is 2.16. The maximum atomic E-state index is 12.9. The summed E-state index contributed by atoms with van der Waals surface area (Å²) in [5.41, 5.74) is 0.729. The summed E-state index contributed by atoms with van der Waals surface area (Å²) in [6, 6.07) is 5.74. The first-order valence-electron chi connectivity index (χ1n) is 6.67. The Hall–Kier alpha value is -1.69. The molecule has 0 N–H and O–H groups in total. The minimum atomic E-state index is -3.45. The lowest BCUT2D eigenvalue weighted by Gasteiger charge is -2.24. The maximum Gasteiger partial charge on any atom is 0.241 e. The molecule has 21 heavy (non-hydrogen) atoms. The molecule has 0 saturated carbocycles. The third kappa shape index (κ3) is 4.67. The SMILES string of the molecule is C=CCN(Cc1ccc(F)cc1)C(=O)[C@H](C)S(=O)(=O)CC. The Labute approximate surface area is 125 Å². The molecule has 0 spiro atoms. The molecule has 0 radical (unpaired) electrons. The van der Waals surface area contributed by atoms with E-state index in [0.717, 1.165) is 5.56 Å². The van der Waals surface area contributed by atoms with E-state index < -0.39 is 21.0 Å². The fourth-order valence-electron chi connectivity index (χ4n) is 1.86. The largest absolute Gasteiger partial charge is 0.334 e. The van der Waals surface area contributed by atoms with Gasteiger partial charge in [0.05, 0.1) is 0 Å². The van der Waals surface area contributed by atoms with Crippen molar-refractivity contribution in [1.82, 2.24) is 4.90 Å². The summed E-state index contributed by atoms with van der Waals surface area (Å²) in [4.78, 5) is 13.7. The van der Waals surface area contributed by atoms with Crippen molar-refractivity contribution >= 4 is 15.7 Å². The second kappa shape index (κ2) is 7.36. The minimum absolute atomic E-state index is 0.0849. The molecule has 0 aliphatic rings. The highest BCUT2D eigenvalue weighted by Gasteiger charge is 2.29. The van der Waals surface area contributed by atoms with Crippen molar-refractivity contribution in [2.24, 2.45) is 0 Å². The van der Waals surface area contributed by atoms with E-state index in [0.29, 0.717) is 0 Å². The van der Waals surface area contributed by atoms with Crippen LogP contribution in [0.1, 0.15) is 19.4 Å². The molecule has 1 aromatic carbocycles. The lowest BCUT2D eigenvalue weighted by Crippen LogP contribution is -2.41. The van der Waals surface area contributed by atoms with Crippen LogP contribution in [0.15, 0.2) is 36.9 Å². The standard InChI is InChI=1S/C15H20FNO3S/c1-4-10-17(11-13-6-8-14(16)9-7-13)15(18)12(3)21(19,20)5-2/h4,6-9,12H,1,5,10-11H2,2-3H3/t12-/m0/s1. The second-order valence-electron chi connectivity index (χ2n) is 4.73. The highest BCUT2D eigenvalue weighted by atomic mass is 32.2. The Morgan fingerprint density at radius 3 is 2.43 bits per heavy atom. The van der Waals surface area contributed by atoms with Crippen LogP contribution in [0.4, 0.5) is 4.39 Å². The van der Waals surface area contributed by atoms with Gasteiger partial charge in [-0.3, -0.25) is 4.79 Å². The summed E-state index contributed by atoms with van der Waals surface area (Å²) in [5, 5.41) is -1.09. The van der Waals surface area contributed by atoms with Gasteiger partial charge in [-0.1, -0.05) is 25.1 Å². The van der Waals surface area contributed by atoms with E-state index in [1.54, 1.807) is 12.1 Å². The number of benzene rings is 1. The van der Waals surface area contributed by atoms with Crippen molar-refractivity contribution < 1.29 is 17.6 Å². The van der Waals surface area contributed by atoms with Crippen LogP contribution in [0, 0.1) is 5.82 Å². The average molecular weight is 313 g/mol. The van der Waals surface area contributed by atoms with Gasteiger partial charge in [-0.2, -0.15) is 0 Å². The Morgan fingerprint density at radius 2 is 1.95 bits per heavy atom. The van der Waals surface area contributed by atoms with Crippen LogP contribution in [-0.4, -0.2) is 36.8 Å². The summed E-state index contributed by atoms with van der Waals surface area (Å²) in [6.45, 7) is 6.93. The fraction of sp³-hybridized carbons (Fsp3) is 0.400. The van der Waals surface area contributed by atoms with E-state index in [1.807, 2.05) is 0 Å². The number of hydrogen-bond donors (Lipinski definition) is 0. The first-order chi connectivity index (χ1) is 9.81. The minimum Gasteiger partial charge on any atom is -0.334 e. The Kier molecular flexibility index (Phi) is 6.08. The zero-order chi connectivity index (χ0) is 16.0. The van der Waals surface area contributed by atoms with E-state index in [1.165, 1.54) is 37.0 Å². The van der Waals surface area contributed by atoms with E-state index in [9.17, 15) is 17.6 Å². The molecule has 116 valence electrons. The average Bonchev–Trinajstić information content (AvgIpc) is 2.47. The van der Waals surface area contributed by atoms with Crippen LogP contribution in [0.3, 0.4) is 0 Å². The van der Waals surface area contributed by atoms with Crippen molar-refractivity contribution in [3.63, 3.8) is 0 Å². The first kappa shape index (κ1) is 17.4. The molecule has 0 bridgehead atoms. The highest BCUT2D eigenvalue weighted by molar-refractivity contribution is 7.92. The van der Waals surface area contributed by atoms with Gasteiger partial charge in [0.1, 0.15) is 11.1 Å². The zero-order valence-electron chi connectivity index (χ0n) is 12.3. The van der Waals surface area contributed by atoms with Crippen LogP contribution >= 0.6 is 0 Å². The molecule has 0 saturated heterocycles. The molecule has 1 amide bonds. The molecular formula is C15H20FNO3S. The van der Waals surface area contributed by atoms with Crippen molar-refractivity contribution in [3.8, 4) is 0 Å². The Morgan fingerprint density at radius 1 is 1.38 bits per heavy atom. The quantitative estimate of drug-likeness (QED) is 0.725. The van der Waals surface area contributed by atoms with Gasteiger partial charge in [-0.05, 0) is 24.6 Å². The van der Waals surface area contributed by atoms with Gasteiger partial charge in [0.25, 0.3) is 0 Å². The Bertz CT molecular complexity index is 596. The van der Waals surface area contributed by atoms with E-state index >= 15 is 0 Å². The molecule has 0 heterocycles. The third-order valence-electron chi connectivity index (χ3n) is 3.24. The molecule has 0 aliphatic heterocycles.